The number of aromatic nitrogens is 2. The lowest BCUT2D eigenvalue weighted by atomic mass is 10.2. The van der Waals surface area contributed by atoms with Gasteiger partial charge in [0, 0.05) is 26.3 Å². The molecule has 1 N–H and O–H groups in total. The summed E-state index contributed by atoms with van der Waals surface area (Å²) in [6, 6.07) is -0.205. The predicted octanol–water partition coefficient (Wildman–Crippen LogP) is 1.67. The summed E-state index contributed by atoms with van der Waals surface area (Å²) in [6.07, 6.45) is 3.56. The van der Waals surface area contributed by atoms with E-state index in [0.29, 0.717) is 5.92 Å². The van der Waals surface area contributed by atoms with Crippen LogP contribution in [-0.4, -0.2) is 40.5 Å². The molecule has 0 aliphatic heterocycles. The second-order valence-corrected chi connectivity index (χ2v) is 5.35. The van der Waals surface area contributed by atoms with Crippen LogP contribution in [0.2, 0.25) is 0 Å². The molecule has 0 aliphatic carbocycles. The Bertz CT molecular complexity index is 400. The molecule has 1 aromatic rings. The van der Waals surface area contributed by atoms with Gasteiger partial charge in [-0.2, -0.15) is 0 Å². The molecule has 1 rings (SSSR count). The third-order valence-electron chi connectivity index (χ3n) is 3.23. The van der Waals surface area contributed by atoms with Gasteiger partial charge >= 0.3 is 0 Å². The van der Waals surface area contributed by atoms with Crippen molar-refractivity contribution in [2.24, 2.45) is 5.92 Å². The number of likely N-dealkylation sites (N-methyl/N-ethyl adjacent to an activating group) is 1. The lowest BCUT2D eigenvalue weighted by Gasteiger charge is -2.22. The van der Waals surface area contributed by atoms with Crippen LogP contribution in [0.3, 0.4) is 0 Å². The van der Waals surface area contributed by atoms with Crippen molar-refractivity contribution in [1.29, 1.82) is 0 Å². The number of hydrogen-bond donors (Lipinski definition) is 1. The predicted molar refractivity (Wildman–Crippen MR) is 76.8 cm³/mol. The Labute approximate surface area is 116 Å². The number of amides is 1. The lowest BCUT2D eigenvalue weighted by Crippen LogP contribution is -2.33. The van der Waals surface area contributed by atoms with Crippen LogP contribution in [0.25, 0.3) is 0 Å². The molecule has 0 fully saturated rings. The summed E-state index contributed by atoms with van der Waals surface area (Å²) in [5.41, 5.74) is 1.05. The van der Waals surface area contributed by atoms with Crippen molar-refractivity contribution < 1.29 is 4.79 Å². The molecule has 0 aliphatic rings. The number of rotatable bonds is 7. The summed E-state index contributed by atoms with van der Waals surface area (Å²) in [7, 11) is 1.83. The Morgan fingerprint density at radius 2 is 2.16 bits per heavy atom. The molecule has 0 spiro atoms. The van der Waals surface area contributed by atoms with Gasteiger partial charge < -0.3 is 14.8 Å². The van der Waals surface area contributed by atoms with Crippen molar-refractivity contribution in [2.75, 3.05) is 20.1 Å². The zero-order valence-corrected chi connectivity index (χ0v) is 12.7. The minimum atomic E-state index is -0.205. The zero-order valence-electron chi connectivity index (χ0n) is 12.7. The van der Waals surface area contributed by atoms with Gasteiger partial charge in [0.05, 0.1) is 12.0 Å². The van der Waals surface area contributed by atoms with Crippen LogP contribution in [0, 0.1) is 5.92 Å². The van der Waals surface area contributed by atoms with Crippen LogP contribution in [-0.2, 0) is 11.3 Å². The summed E-state index contributed by atoms with van der Waals surface area (Å²) in [4.78, 5) is 18.1. The number of carbonyl (C=O) groups excluding carboxylic acids is 1. The van der Waals surface area contributed by atoms with E-state index in [4.69, 9.17) is 0 Å². The Morgan fingerprint density at radius 3 is 2.74 bits per heavy atom. The highest BCUT2D eigenvalue weighted by Crippen LogP contribution is 2.12. The van der Waals surface area contributed by atoms with Gasteiger partial charge in [0.25, 0.3) is 0 Å². The standard InChI is InChI=1S/C14H26N4O/c1-6-17(5)14(19)12(4)18-10-16-9-13(18)8-15-7-11(2)3/h9-12,15H,6-8H2,1-5H3. The largest absolute Gasteiger partial charge is 0.344 e. The number of nitrogens with zero attached hydrogens (tertiary/aromatic N) is 3. The maximum atomic E-state index is 12.2. The summed E-state index contributed by atoms with van der Waals surface area (Å²) in [5.74, 6) is 0.729. The monoisotopic (exact) mass is 266 g/mol. The highest BCUT2D eigenvalue weighted by atomic mass is 16.2. The number of hydrogen-bond acceptors (Lipinski definition) is 3. The molecule has 1 atom stereocenters. The Kier molecular flexibility index (Phi) is 6.02. The van der Waals surface area contributed by atoms with Gasteiger partial charge in [-0.1, -0.05) is 13.8 Å². The van der Waals surface area contributed by atoms with Crippen LogP contribution in [0.1, 0.15) is 39.4 Å². The number of nitrogens with one attached hydrogen (secondary N) is 1. The van der Waals surface area contributed by atoms with Crippen LogP contribution >= 0.6 is 0 Å². The summed E-state index contributed by atoms with van der Waals surface area (Å²) < 4.78 is 1.95. The smallest absolute Gasteiger partial charge is 0.245 e. The normalized spacial score (nSPS) is 12.7. The SMILES string of the molecule is CCN(C)C(=O)C(C)n1cncc1CNCC(C)C. The Morgan fingerprint density at radius 1 is 1.47 bits per heavy atom. The lowest BCUT2D eigenvalue weighted by molar-refractivity contribution is -0.132. The molecule has 1 aromatic heterocycles. The van der Waals surface area contributed by atoms with Gasteiger partial charge in [-0.25, -0.2) is 4.98 Å². The van der Waals surface area contributed by atoms with E-state index < -0.39 is 0 Å². The fourth-order valence-corrected chi connectivity index (χ4v) is 1.90. The van der Waals surface area contributed by atoms with E-state index in [1.165, 1.54) is 0 Å². The average Bonchev–Trinajstić information content (AvgIpc) is 2.84. The van der Waals surface area contributed by atoms with Crippen molar-refractivity contribution >= 4 is 5.91 Å². The fraction of sp³-hybridized carbons (Fsp3) is 0.714. The molecule has 1 unspecified atom stereocenters. The Balaban J connectivity index is 2.68. The highest BCUT2D eigenvalue weighted by molar-refractivity contribution is 5.79. The minimum Gasteiger partial charge on any atom is -0.344 e. The molecular formula is C14H26N4O. The van der Waals surface area contributed by atoms with Crippen LogP contribution in [0.4, 0.5) is 0 Å². The minimum absolute atomic E-state index is 0.116. The van der Waals surface area contributed by atoms with Gasteiger partial charge in [0.2, 0.25) is 5.91 Å². The quantitative estimate of drug-likeness (QED) is 0.816. The molecule has 0 radical (unpaired) electrons. The van der Waals surface area contributed by atoms with E-state index in [1.807, 2.05) is 31.7 Å². The van der Waals surface area contributed by atoms with Crippen molar-refractivity contribution in [3.63, 3.8) is 0 Å². The molecular weight excluding hydrogens is 240 g/mol. The first-order valence-electron chi connectivity index (χ1n) is 6.93. The van der Waals surface area contributed by atoms with E-state index >= 15 is 0 Å². The second-order valence-electron chi connectivity index (χ2n) is 5.35. The molecule has 1 amide bonds. The summed E-state index contributed by atoms with van der Waals surface area (Å²) in [5, 5.41) is 3.38. The van der Waals surface area contributed by atoms with Gasteiger partial charge in [0.15, 0.2) is 0 Å². The molecule has 1 heterocycles. The first-order chi connectivity index (χ1) is 8.97. The van der Waals surface area contributed by atoms with Gasteiger partial charge in [0.1, 0.15) is 6.04 Å². The molecule has 19 heavy (non-hydrogen) atoms. The van der Waals surface area contributed by atoms with Crippen molar-refractivity contribution in [3.8, 4) is 0 Å². The molecule has 5 nitrogen and oxygen atoms in total. The van der Waals surface area contributed by atoms with Gasteiger partial charge in [-0.3, -0.25) is 4.79 Å². The fourth-order valence-electron chi connectivity index (χ4n) is 1.90. The number of carbonyl (C=O) groups is 1. The maximum absolute atomic E-state index is 12.2. The van der Waals surface area contributed by atoms with E-state index in [-0.39, 0.29) is 11.9 Å². The molecule has 0 bridgehead atoms. The third-order valence-corrected chi connectivity index (χ3v) is 3.23. The van der Waals surface area contributed by atoms with Crippen molar-refractivity contribution in [1.82, 2.24) is 19.8 Å². The van der Waals surface area contributed by atoms with Gasteiger partial charge in [-0.05, 0) is 26.3 Å². The third kappa shape index (κ3) is 4.35. The van der Waals surface area contributed by atoms with Gasteiger partial charge in [-0.15, -0.1) is 0 Å². The molecule has 108 valence electrons. The van der Waals surface area contributed by atoms with E-state index in [1.54, 1.807) is 11.2 Å². The van der Waals surface area contributed by atoms with E-state index in [2.05, 4.69) is 24.1 Å². The van der Waals surface area contributed by atoms with Crippen molar-refractivity contribution in [3.05, 3.63) is 18.2 Å². The van der Waals surface area contributed by atoms with Crippen molar-refractivity contribution in [2.45, 2.75) is 40.3 Å². The molecule has 0 saturated heterocycles. The molecule has 0 aromatic carbocycles. The molecule has 5 heteroatoms. The van der Waals surface area contributed by atoms with E-state index in [0.717, 1.165) is 25.3 Å². The van der Waals surface area contributed by atoms with Crippen LogP contribution < -0.4 is 5.32 Å². The second kappa shape index (κ2) is 7.28. The first kappa shape index (κ1) is 15.7. The Hall–Kier alpha value is -1.36. The van der Waals surface area contributed by atoms with E-state index in [9.17, 15) is 4.79 Å². The first-order valence-corrected chi connectivity index (χ1v) is 6.93. The average molecular weight is 266 g/mol. The molecule has 0 saturated carbocycles. The number of imidazole rings is 1. The van der Waals surface area contributed by atoms with Crippen LogP contribution in [0.15, 0.2) is 12.5 Å². The zero-order chi connectivity index (χ0) is 14.4. The summed E-state index contributed by atoms with van der Waals surface area (Å²) >= 11 is 0. The summed E-state index contributed by atoms with van der Waals surface area (Å²) in [6.45, 7) is 10.7. The maximum Gasteiger partial charge on any atom is 0.245 e. The highest BCUT2D eigenvalue weighted by Gasteiger charge is 2.19. The van der Waals surface area contributed by atoms with Crippen LogP contribution in [0.5, 0.6) is 0 Å². The topological polar surface area (TPSA) is 50.2 Å².